The Hall–Kier alpha value is -0.160. The lowest BCUT2D eigenvalue weighted by Crippen LogP contribution is -2.36. The highest BCUT2D eigenvalue weighted by Gasteiger charge is 2.34. The molecule has 1 aromatic rings. The topological polar surface area (TPSA) is 19.4 Å². The third-order valence-corrected chi connectivity index (χ3v) is 5.48. The summed E-state index contributed by atoms with van der Waals surface area (Å²) in [6.07, 6.45) is 4.06. The number of alkyl halides is 1. The normalized spacial score (nSPS) is 29.7. The van der Waals surface area contributed by atoms with E-state index in [-0.39, 0.29) is 0 Å². The molecule has 0 aromatic carbocycles. The van der Waals surface area contributed by atoms with E-state index >= 15 is 0 Å². The van der Waals surface area contributed by atoms with Gasteiger partial charge in [0, 0.05) is 30.6 Å². The van der Waals surface area contributed by atoms with Gasteiger partial charge in [-0.2, -0.15) is 0 Å². The Morgan fingerprint density at radius 3 is 3.00 bits per heavy atom. The van der Waals surface area contributed by atoms with Gasteiger partial charge in [-0.05, 0) is 26.3 Å². The first-order valence-corrected chi connectivity index (χ1v) is 8.11. The number of hydrogen-bond acceptors (Lipinski definition) is 4. The Balaban J connectivity index is 1.63. The summed E-state index contributed by atoms with van der Waals surface area (Å²) in [7, 11) is 2.29. The van der Waals surface area contributed by atoms with E-state index in [1.54, 1.807) is 11.3 Å². The van der Waals surface area contributed by atoms with Crippen LogP contribution in [-0.2, 0) is 12.4 Å². The summed E-state index contributed by atoms with van der Waals surface area (Å²) in [4.78, 5) is 9.72. The number of thiazole rings is 1. The van der Waals surface area contributed by atoms with Crippen molar-refractivity contribution in [1.82, 2.24) is 14.8 Å². The molecule has 18 heavy (non-hydrogen) atoms. The van der Waals surface area contributed by atoms with E-state index in [9.17, 15) is 0 Å². The van der Waals surface area contributed by atoms with Crippen LogP contribution in [0.3, 0.4) is 0 Å². The highest BCUT2D eigenvalue weighted by molar-refractivity contribution is 7.09. The third kappa shape index (κ3) is 2.57. The average Bonchev–Trinajstić information content (AvgIpc) is 2.89. The molecule has 2 saturated heterocycles. The molecule has 2 aliphatic rings. The Morgan fingerprint density at radius 2 is 2.22 bits per heavy atom. The first-order chi connectivity index (χ1) is 8.76. The monoisotopic (exact) mass is 285 g/mol. The molecule has 2 fully saturated rings. The number of likely N-dealkylation sites (tertiary alicyclic amines) is 1. The summed E-state index contributed by atoms with van der Waals surface area (Å²) in [5.41, 5.74) is 1.02. The van der Waals surface area contributed by atoms with Crippen molar-refractivity contribution in [3.05, 3.63) is 16.1 Å². The standard InChI is InChI=1S/C13H20ClN3S/c1-16-11-2-3-12(16)7-17(5-4-11)8-13-15-10(6-14)9-18-13/h9,11-12H,2-8H2,1H3. The second-order valence-electron chi connectivity index (χ2n) is 5.44. The SMILES string of the molecule is CN1C2CCC1CN(Cc1nc(CCl)cs1)CC2. The van der Waals surface area contributed by atoms with Crippen LogP contribution in [0.1, 0.15) is 30.0 Å². The van der Waals surface area contributed by atoms with Crippen LogP contribution in [0.5, 0.6) is 0 Å². The number of likely N-dealkylation sites (N-methyl/N-ethyl adjacent to an activating group) is 1. The third-order valence-electron chi connectivity index (χ3n) is 4.33. The van der Waals surface area contributed by atoms with Gasteiger partial charge >= 0.3 is 0 Å². The summed E-state index contributed by atoms with van der Waals surface area (Å²) in [5.74, 6) is 0.532. The van der Waals surface area contributed by atoms with E-state index in [4.69, 9.17) is 11.6 Å². The zero-order valence-corrected chi connectivity index (χ0v) is 12.4. The summed E-state index contributed by atoms with van der Waals surface area (Å²) in [6, 6.07) is 1.57. The molecule has 2 bridgehead atoms. The van der Waals surface area contributed by atoms with Crippen LogP contribution in [0.15, 0.2) is 5.38 Å². The molecule has 3 heterocycles. The van der Waals surface area contributed by atoms with Gasteiger partial charge in [0.25, 0.3) is 0 Å². The molecule has 5 heteroatoms. The Kier molecular flexibility index (Phi) is 3.89. The van der Waals surface area contributed by atoms with Crippen molar-refractivity contribution < 1.29 is 0 Å². The van der Waals surface area contributed by atoms with Gasteiger partial charge in [-0.25, -0.2) is 4.98 Å². The number of aromatic nitrogens is 1. The minimum Gasteiger partial charge on any atom is -0.299 e. The van der Waals surface area contributed by atoms with Gasteiger partial charge in [0.1, 0.15) is 5.01 Å². The quantitative estimate of drug-likeness (QED) is 0.796. The van der Waals surface area contributed by atoms with Crippen LogP contribution in [0.25, 0.3) is 0 Å². The maximum absolute atomic E-state index is 5.80. The summed E-state index contributed by atoms with van der Waals surface area (Å²) < 4.78 is 0. The molecule has 2 atom stereocenters. The van der Waals surface area contributed by atoms with Gasteiger partial charge in [-0.3, -0.25) is 9.80 Å². The minimum absolute atomic E-state index is 0.532. The predicted octanol–water partition coefficient (Wildman–Crippen LogP) is 2.55. The number of rotatable bonds is 3. The van der Waals surface area contributed by atoms with Crippen molar-refractivity contribution in [3.8, 4) is 0 Å². The lowest BCUT2D eigenvalue weighted by molar-refractivity contribution is 0.214. The molecule has 0 aliphatic carbocycles. The number of nitrogens with zero attached hydrogens (tertiary/aromatic N) is 3. The fourth-order valence-corrected chi connectivity index (χ4v) is 4.26. The Morgan fingerprint density at radius 1 is 1.39 bits per heavy atom. The lowest BCUT2D eigenvalue weighted by atomic mass is 10.1. The fourth-order valence-electron chi connectivity index (χ4n) is 3.20. The Labute approximate surface area is 118 Å². The molecule has 0 radical (unpaired) electrons. The van der Waals surface area contributed by atoms with Gasteiger partial charge in [-0.1, -0.05) is 0 Å². The second-order valence-corrected chi connectivity index (χ2v) is 6.65. The molecule has 0 amide bonds. The summed E-state index contributed by atoms with van der Waals surface area (Å²) >= 11 is 7.55. The van der Waals surface area contributed by atoms with Crippen molar-refractivity contribution in [2.24, 2.45) is 0 Å². The molecular weight excluding hydrogens is 266 g/mol. The summed E-state index contributed by atoms with van der Waals surface area (Å²) in [6.45, 7) is 3.41. The van der Waals surface area contributed by atoms with Gasteiger partial charge in [0.05, 0.1) is 18.1 Å². The maximum atomic E-state index is 5.80. The fraction of sp³-hybridized carbons (Fsp3) is 0.769. The molecule has 3 rings (SSSR count). The van der Waals surface area contributed by atoms with Crippen LogP contribution < -0.4 is 0 Å². The zero-order valence-electron chi connectivity index (χ0n) is 10.8. The van der Waals surface area contributed by atoms with E-state index in [2.05, 4.69) is 27.2 Å². The maximum Gasteiger partial charge on any atom is 0.107 e. The summed E-state index contributed by atoms with van der Waals surface area (Å²) in [5, 5.41) is 3.30. The highest BCUT2D eigenvalue weighted by atomic mass is 35.5. The Bertz CT molecular complexity index is 409. The van der Waals surface area contributed by atoms with Crippen molar-refractivity contribution in [2.75, 3.05) is 20.1 Å². The molecule has 1 aromatic heterocycles. The van der Waals surface area contributed by atoms with Gasteiger partial charge in [0.2, 0.25) is 0 Å². The molecule has 0 saturated carbocycles. The zero-order chi connectivity index (χ0) is 12.5. The highest BCUT2D eigenvalue weighted by Crippen LogP contribution is 2.29. The van der Waals surface area contributed by atoms with Gasteiger partial charge < -0.3 is 0 Å². The van der Waals surface area contributed by atoms with E-state index < -0.39 is 0 Å². The first kappa shape index (κ1) is 12.9. The van der Waals surface area contributed by atoms with E-state index in [0.717, 1.165) is 24.3 Å². The largest absolute Gasteiger partial charge is 0.299 e. The van der Waals surface area contributed by atoms with Gasteiger partial charge in [0.15, 0.2) is 0 Å². The molecule has 2 aliphatic heterocycles. The van der Waals surface area contributed by atoms with E-state index in [0.29, 0.717) is 5.88 Å². The van der Waals surface area contributed by atoms with Crippen molar-refractivity contribution >= 4 is 22.9 Å². The van der Waals surface area contributed by atoms with Crippen molar-refractivity contribution in [2.45, 2.75) is 43.8 Å². The van der Waals surface area contributed by atoms with Crippen LogP contribution in [0.2, 0.25) is 0 Å². The van der Waals surface area contributed by atoms with E-state index in [1.807, 2.05) is 0 Å². The van der Waals surface area contributed by atoms with Crippen molar-refractivity contribution in [1.29, 1.82) is 0 Å². The average molecular weight is 286 g/mol. The van der Waals surface area contributed by atoms with Crippen LogP contribution >= 0.6 is 22.9 Å². The second kappa shape index (κ2) is 5.45. The van der Waals surface area contributed by atoms with Crippen LogP contribution in [-0.4, -0.2) is 47.0 Å². The first-order valence-electron chi connectivity index (χ1n) is 6.70. The van der Waals surface area contributed by atoms with Crippen LogP contribution in [0.4, 0.5) is 0 Å². The van der Waals surface area contributed by atoms with E-state index in [1.165, 1.54) is 37.4 Å². The molecule has 0 spiro atoms. The minimum atomic E-state index is 0.532. The van der Waals surface area contributed by atoms with Crippen LogP contribution in [0, 0.1) is 0 Å². The molecular formula is C13H20ClN3S. The van der Waals surface area contributed by atoms with Crippen molar-refractivity contribution in [3.63, 3.8) is 0 Å². The number of halogens is 1. The lowest BCUT2D eigenvalue weighted by Gasteiger charge is -2.24. The molecule has 0 N–H and O–H groups in total. The molecule has 100 valence electrons. The molecule has 3 nitrogen and oxygen atoms in total. The number of fused-ring (bicyclic) bond motifs is 2. The number of hydrogen-bond donors (Lipinski definition) is 0. The van der Waals surface area contributed by atoms with Gasteiger partial charge in [-0.15, -0.1) is 22.9 Å². The molecule has 2 unspecified atom stereocenters. The smallest absolute Gasteiger partial charge is 0.107 e. The predicted molar refractivity (Wildman–Crippen MR) is 76.1 cm³/mol.